The van der Waals surface area contributed by atoms with Crippen molar-refractivity contribution in [1.82, 2.24) is 25.5 Å². The minimum atomic E-state index is -0.00276. The molecular formula is C15H19N5O. The number of nitrogens with zero attached hydrogens (tertiary/aromatic N) is 4. The van der Waals surface area contributed by atoms with E-state index in [9.17, 15) is 4.79 Å². The summed E-state index contributed by atoms with van der Waals surface area (Å²) in [5.41, 5.74) is 1.51. The molecule has 1 saturated carbocycles. The van der Waals surface area contributed by atoms with Gasteiger partial charge >= 0.3 is 0 Å². The molecule has 110 valence electrons. The minimum Gasteiger partial charge on any atom is -0.349 e. The van der Waals surface area contributed by atoms with Gasteiger partial charge in [-0.2, -0.15) is 0 Å². The summed E-state index contributed by atoms with van der Waals surface area (Å²) in [5, 5.41) is 14.2. The highest BCUT2D eigenvalue weighted by Gasteiger charge is 2.23. The molecule has 3 rings (SSSR count). The van der Waals surface area contributed by atoms with Crippen molar-refractivity contribution < 1.29 is 4.79 Å². The fraction of sp³-hybridized carbons (Fsp3) is 0.467. The Morgan fingerprint density at radius 2 is 2.00 bits per heavy atom. The molecule has 1 aliphatic rings. The molecule has 21 heavy (non-hydrogen) atoms. The number of tetrazole rings is 1. The Hall–Kier alpha value is -2.24. The van der Waals surface area contributed by atoms with Crippen LogP contribution < -0.4 is 5.32 Å². The van der Waals surface area contributed by atoms with Gasteiger partial charge in [0.2, 0.25) is 0 Å². The summed E-state index contributed by atoms with van der Waals surface area (Å²) in [6.07, 6.45) is 6.28. The van der Waals surface area contributed by atoms with Crippen LogP contribution in [-0.4, -0.2) is 32.2 Å². The van der Waals surface area contributed by atoms with Gasteiger partial charge in [-0.05, 0) is 53.5 Å². The van der Waals surface area contributed by atoms with Crippen LogP contribution in [0.3, 0.4) is 0 Å². The Balaban J connectivity index is 1.67. The number of hydrogen-bond donors (Lipinski definition) is 1. The number of nitrogens with one attached hydrogen (secondary N) is 1. The highest BCUT2D eigenvalue weighted by molar-refractivity contribution is 5.94. The summed E-state index contributed by atoms with van der Waals surface area (Å²) in [7, 11) is 0. The van der Waals surface area contributed by atoms with Crippen molar-refractivity contribution >= 4 is 5.91 Å². The third kappa shape index (κ3) is 3.09. The van der Waals surface area contributed by atoms with Crippen molar-refractivity contribution in [3.8, 4) is 5.69 Å². The van der Waals surface area contributed by atoms with Gasteiger partial charge < -0.3 is 5.32 Å². The highest BCUT2D eigenvalue weighted by atomic mass is 16.1. The maximum atomic E-state index is 12.3. The van der Waals surface area contributed by atoms with E-state index in [1.807, 2.05) is 12.1 Å². The Morgan fingerprint density at radius 1 is 1.24 bits per heavy atom. The van der Waals surface area contributed by atoms with E-state index in [-0.39, 0.29) is 5.91 Å². The van der Waals surface area contributed by atoms with Crippen LogP contribution in [0.1, 0.15) is 43.0 Å². The van der Waals surface area contributed by atoms with E-state index in [2.05, 4.69) is 27.8 Å². The molecule has 6 heteroatoms. The molecule has 1 heterocycles. The first-order valence-electron chi connectivity index (χ1n) is 7.38. The Morgan fingerprint density at radius 3 is 2.67 bits per heavy atom. The molecule has 1 fully saturated rings. The number of carbonyl (C=O) groups is 1. The molecule has 1 aromatic heterocycles. The van der Waals surface area contributed by atoms with Gasteiger partial charge in [0.15, 0.2) is 0 Å². The van der Waals surface area contributed by atoms with Crippen molar-refractivity contribution in [3.63, 3.8) is 0 Å². The quantitative estimate of drug-likeness (QED) is 0.935. The van der Waals surface area contributed by atoms with Crippen molar-refractivity contribution in [1.29, 1.82) is 0 Å². The predicted molar refractivity (Wildman–Crippen MR) is 78.0 cm³/mol. The van der Waals surface area contributed by atoms with E-state index in [4.69, 9.17) is 0 Å². The Bertz CT molecular complexity index is 593. The van der Waals surface area contributed by atoms with Crippen molar-refractivity contribution in [2.75, 3.05) is 0 Å². The first kappa shape index (κ1) is 13.7. The number of benzene rings is 1. The second-order valence-electron chi connectivity index (χ2n) is 5.64. The van der Waals surface area contributed by atoms with E-state index >= 15 is 0 Å². The standard InChI is InChI=1S/C15H19N5O/c1-11-4-2-3-5-14(11)17-15(21)12-6-8-13(9-7-12)20-10-16-18-19-20/h6-11,14H,2-5H2,1H3,(H,17,21)/t11-,14-/m0/s1. The fourth-order valence-corrected chi connectivity index (χ4v) is 2.83. The third-order valence-corrected chi connectivity index (χ3v) is 4.17. The van der Waals surface area contributed by atoms with Gasteiger partial charge in [0, 0.05) is 11.6 Å². The van der Waals surface area contributed by atoms with E-state index in [0.29, 0.717) is 17.5 Å². The molecule has 1 amide bonds. The van der Waals surface area contributed by atoms with Crippen molar-refractivity contribution in [3.05, 3.63) is 36.2 Å². The summed E-state index contributed by atoms with van der Waals surface area (Å²) in [4.78, 5) is 12.3. The Kier molecular flexibility index (Phi) is 3.94. The molecule has 2 aromatic rings. The molecule has 0 bridgehead atoms. The second-order valence-corrected chi connectivity index (χ2v) is 5.64. The van der Waals surface area contributed by atoms with Crippen LogP contribution in [-0.2, 0) is 0 Å². The monoisotopic (exact) mass is 285 g/mol. The molecule has 2 atom stereocenters. The van der Waals surface area contributed by atoms with E-state index in [0.717, 1.165) is 12.1 Å². The molecule has 1 aromatic carbocycles. The summed E-state index contributed by atoms with van der Waals surface area (Å²) in [6.45, 7) is 2.21. The predicted octanol–water partition coefficient (Wildman–Crippen LogP) is 1.97. The molecule has 0 saturated heterocycles. The molecule has 0 unspecified atom stereocenters. The van der Waals surface area contributed by atoms with Crippen LogP contribution in [0.5, 0.6) is 0 Å². The lowest BCUT2D eigenvalue weighted by atomic mass is 9.86. The van der Waals surface area contributed by atoms with Crippen molar-refractivity contribution in [2.45, 2.75) is 38.6 Å². The average Bonchev–Trinajstić information content (AvgIpc) is 3.04. The van der Waals surface area contributed by atoms with Gasteiger partial charge in [-0.3, -0.25) is 4.79 Å². The molecule has 6 nitrogen and oxygen atoms in total. The molecular weight excluding hydrogens is 266 g/mol. The van der Waals surface area contributed by atoms with E-state index in [1.54, 1.807) is 16.8 Å². The van der Waals surface area contributed by atoms with Gasteiger partial charge in [0.25, 0.3) is 5.91 Å². The molecule has 0 aliphatic heterocycles. The minimum absolute atomic E-state index is 0.00276. The summed E-state index contributed by atoms with van der Waals surface area (Å²) in [5.74, 6) is 0.556. The fourth-order valence-electron chi connectivity index (χ4n) is 2.83. The van der Waals surface area contributed by atoms with Gasteiger partial charge in [0.1, 0.15) is 6.33 Å². The van der Waals surface area contributed by atoms with Crippen LogP contribution in [0.2, 0.25) is 0 Å². The average molecular weight is 285 g/mol. The summed E-state index contributed by atoms with van der Waals surface area (Å²) >= 11 is 0. The number of aromatic nitrogens is 4. The number of rotatable bonds is 3. The van der Waals surface area contributed by atoms with Crippen molar-refractivity contribution in [2.24, 2.45) is 5.92 Å². The number of carbonyl (C=O) groups excluding carboxylic acids is 1. The lowest BCUT2D eigenvalue weighted by molar-refractivity contribution is 0.0910. The van der Waals surface area contributed by atoms with Crippen LogP contribution >= 0.6 is 0 Å². The van der Waals surface area contributed by atoms with Crippen LogP contribution in [0, 0.1) is 5.92 Å². The van der Waals surface area contributed by atoms with Gasteiger partial charge in [-0.1, -0.05) is 19.8 Å². The lowest BCUT2D eigenvalue weighted by Crippen LogP contribution is -2.41. The number of hydrogen-bond acceptors (Lipinski definition) is 4. The normalized spacial score (nSPS) is 22.0. The van der Waals surface area contributed by atoms with Gasteiger partial charge in [0.05, 0.1) is 5.69 Å². The van der Waals surface area contributed by atoms with Crippen LogP contribution in [0.15, 0.2) is 30.6 Å². The van der Waals surface area contributed by atoms with Crippen LogP contribution in [0.4, 0.5) is 0 Å². The highest BCUT2D eigenvalue weighted by Crippen LogP contribution is 2.24. The largest absolute Gasteiger partial charge is 0.349 e. The molecule has 1 aliphatic carbocycles. The summed E-state index contributed by atoms with van der Waals surface area (Å²) < 4.78 is 1.56. The summed E-state index contributed by atoms with van der Waals surface area (Å²) in [6, 6.07) is 7.59. The molecule has 1 N–H and O–H groups in total. The Labute approximate surface area is 123 Å². The SMILES string of the molecule is C[C@H]1CCCC[C@@H]1NC(=O)c1ccc(-n2cnnn2)cc1. The topological polar surface area (TPSA) is 72.7 Å². The zero-order valence-corrected chi connectivity index (χ0v) is 12.1. The third-order valence-electron chi connectivity index (χ3n) is 4.17. The zero-order valence-electron chi connectivity index (χ0n) is 12.1. The van der Waals surface area contributed by atoms with Crippen LogP contribution in [0.25, 0.3) is 5.69 Å². The zero-order chi connectivity index (χ0) is 14.7. The lowest BCUT2D eigenvalue weighted by Gasteiger charge is -2.29. The van der Waals surface area contributed by atoms with E-state index < -0.39 is 0 Å². The second kappa shape index (κ2) is 6.03. The van der Waals surface area contributed by atoms with Gasteiger partial charge in [-0.25, -0.2) is 4.68 Å². The van der Waals surface area contributed by atoms with E-state index in [1.165, 1.54) is 25.6 Å². The molecule has 0 radical (unpaired) electrons. The maximum absolute atomic E-state index is 12.3. The maximum Gasteiger partial charge on any atom is 0.251 e. The number of amides is 1. The smallest absolute Gasteiger partial charge is 0.251 e. The van der Waals surface area contributed by atoms with Gasteiger partial charge in [-0.15, -0.1) is 5.10 Å². The first-order chi connectivity index (χ1) is 10.2. The first-order valence-corrected chi connectivity index (χ1v) is 7.38. The molecule has 0 spiro atoms.